The van der Waals surface area contributed by atoms with Crippen molar-refractivity contribution in [1.29, 1.82) is 0 Å². The van der Waals surface area contributed by atoms with Gasteiger partial charge in [-0.05, 0) is 24.1 Å². The first-order valence-corrected chi connectivity index (χ1v) is 5.41. The molecule has 0 bridgehead atoms. The lowest BCUT2D eigenvalue weighted by Gasteiger charge is -2.20. The van der Waals surface area contributed by atoms with Gasteiger partial charge in [0.25, 0.3) is 5.91 Å². The first-order chi connectivity index (χ1) is 7.95. The van der Waals surface area contributed by atoms with Gasteiger partial charge in [-0.3, -0.25) is 4.79 Å². The van der Waals surface area contributed by atoms with Crippen LogP contribution in [0.15, 0.2) is 18.2 Å². The number of hydrogen-bond donors (Lipinski definition) is 2. The van der Waals surface area contributed by atoms with Crippen molar-refractivity contribution in [3.63, 3.8) is 0 Å². The van der Waals surface area contributed by atoms with Crippen LogP contribution in [-0.2, 0) is 0 Å². The fourth-order valence-electron chi connectivity index (χ4n) is 1.39. The molecule has 5 heteroatoms. The second-order valence-corrected chi connectivity index (χ2v) is 4.19. The zero-order valence-electron chi connectivity index (χ0n) is 9.84. The fourth-order valence-corrected chi connectivity index (χ4v) is 1.39. The standard InChI is InChI=1S/C12H16F2N2O/c1-7(2)11(6-15)16-12(17)8-3-4-9(13)10(14)5-8/h3-5,7,11H,6,15H2,1-2H3,(H,16,17). The van der Waals surface area contributed by atoms with E-state index in [1.165, 1.54) is 6.07 Å². The fraction of sp³-hybridized carbons (Fsp3) is 0.417. The van der Waals surface area contributed by atoms with Crippen LogP contribution in [-0.4, -0.2) is 18.5 Å². The monoisotopic (exact) mass is 242 g/mol. The molecule has 0 aromatic heterocycles. The van der Waals surface area contributed by atoms with Gasteiger partial charge in [-0.15, -0.1) is 0 Å². The molecule has 94 valence electrons. The van der Waals surface area contributed by atoms with Gasteiger partial charge in [-0.2, -0.15) is 0 Å². The SMILES string of the molecule is CC(C)C(CN)NC(=O)c1ccc(F)c(F)c1. The highest BCUT2D eigenvalue weighted by Crippen LogP contribution is 2.09. The number of hydrogen-bond acceptors (Lipinski definition) is 2. The summed E-state index contributed by atoms with van der Waals surface area (Å²) in [6.45, 7) is 4.14. The van der Waals surface area contributed by atoms with Gasteiger partial charge in [0.15, 0.2) is 11.6 Å². The van der Waals surface area contributed by atoms with Gasteiger partial charge in [0.05, 0.1) is 0 Å². The lowest BCUT2D eigenvalue weighted by Crippen LogP contribution is -2.43. The summed E-state index contributed by atoms with van der Waals surface area (Å²) in [5.41, 5.74) is 5.59. The number of benzene rings is 1. The Kier molecular flexibility index (Phi) is 4.57. The van der Waals surface area contributed by atoms with Crippen LogP contribution in [0, 0.1) is 17.6 Å². The minimum absolute atomic E-state index is 0.0861. The first kappa shape index (κ1) is 13.6. The molecule has 0 saturated heterocycles. The quantitative estimate of drug-likeness (QED) is 0.844. The molecule has 0 radical (unpaired) electrons. The smallest absolute Gasteiger partial charge is 0.251 e. The van der Waals surface area contributed by atoms with Crippen molar-refractivity contribution in [3.05, 3.63) is 35.4 Å². The van der Waals surface area contributed by atoms with Crippen LogP contribution < -0.4 is 11.1 Å². The van der Waals surface area contributed by atoms with E-state index in [0.29, 0.717) is 6.54 Å². The summed E-state index contributed by atoms with van der Waals surface area (Å²) in [7, 11) is 0. The van der Waals surface area contributed by atoms with Gasteiger partial charge < -0.3 is 11.1 Å². The lowest BCUT2D eigenvalue weighted by atomic mass is 10.0. The Balaban J connectivity index is 2.79. The topological polar surface area (TPSA) is 55.1 Å². The molecule has 0 saturated carbocycles. The Bertz CT molecular complexity index is 407. The molecule has 3 N–H and O–H groups in total. The Morgan fingerprint density at radius 2 is 2.00 bits per heavy atom. The molecule has 1 rings (SSSR count). The predicted octanol–water partition coefficient (Wildman–Crippen LogP) is 1.68. The molecule has 0 aliphatic heterocycles. The number of nitrogens with one attached hydrogen (secondary N) is 1. The Morgan fingerprint density at radius 3 is 2.47 bits per heavy atom. The summed E-state index contributed by atoms with van der Waals surface area (Å²) in [5.74, 6) is -2.28. The van der Waals surface area contributed by atoms with E-state index in [1.54, 1.807) is 0 Å². The summed E-state index contributed by atoms with van der Waals surface area (Å²) in [6, 6.07) is 2.85. The highest BCUT2D eigenvalue weighted by atomic mass is 19.2. The van der Waals surface area contributed by atoms with Crippen LogP contribution in [0.2, 0.25) is 0 Å². The van der Waals surface area contributed by atoms with Crippen molar-refractivity contribution >= 4 is 5.91 Å². The van der Waals surface area contributed by atoms with E-state index in [4.69, 9.17) is 5.73 Å². The summed E-state index contributed by atoms with van der Waals surface area (Å²) >= 11 is 0. The van der Waals surface area contributed by atoms with Crippen molar-refractivity contribution in [2.75, 3.05) is 6.54 Å². The van der Waals surface area contributed by atoms with Gasteiger partial charge in [0.1, 0.15) is 0 Å². The Hall–Kier alpha value is -1.49. The second kappa shape index (κ2) is 5.72. The first-order valence-electron chi connectivity index (χ1n) is 5.41. The van der Waals surface area contributed by atoms with E-state index in [0.717, 1.165) is 12.1 Å². The molecule has 1 unspecified atom stereocenters. The average Bonchev–Trinajstić information content (AvgIpc) is 2.28. The van der Waals surface area contributed by atoms with Crippen LogP contribution in [0.3, 0.4) is 0 Å². The number of carbonyl (C=O) groups is 1. The lowest BCUT2D eigenvalue weighted by molar-refractivity contribution is 0.0927. The molecule has 1 amide bonds. The zero-order valence-corrected chi connectivity index (χ0v) is 9.84. The van der Waals surface area contributed by atoms with E-state index >= 15 is 0 Å². The maximum atomic E-state index is 12.9. The van der Waals surface area contributed by atoms with E-state index in [9.17, 15) is 13.6 Å². The van der Waals surface area contributed by atoms with E-state index in [1.807, 2.05) is 13.8 Å². The second-order valence-electron chi connectivity index (χ2n) is 4.19. The molecular formula is C12H16F2N2O. The number of rotatable bonds is 4. The molecule has 1 atom stereocenters. The summed E-state index contributed by atoms with van der Waals surface area (Å²) in [4.78, 5) is 11.7. The third kappa shape index (κ3) is 3.49. The van der Waals surface area contributed by atoms with Gasteiger partial charge in [0, 0.05) is 18.2 Å². The van der Waals surface area contributed by atoms with Crippen LogP contribution in [0.4, 0.5) is 8.78 Å². The maximum Gasteiger partial charge on any atom is 0.251 e. The third-order valence-corrected chi connectivity index (χ3v) is 2.56. The number of amides is 1. The maximum absolute atomic E-state index is 12.9. The van der Waals surface area contributed by atoms with Gasteiger partial charge in [0.2, 0.25) is 0 Å². The number of nitrogens with two attached hydrogens (primary N) is 1. The normalized spacial score (nSPS) is 12.6. The molecule has 17 heavy (non-hydrogen) atoms. The van der Waals surface area contributed by atoms with Crippen LogP contribution in [0.25, 0.3) is 0 Å². The van der Waals surface area contributed by atoms with E-state index < -0.39 is 17.5 Å². The summed E-state index contributed by atoms with van der Waals surface area (Å²) in [5, 5.41) is 2.68. The molecule has 0 spiro atoms. The largest absolute Gasteiger partial charge is 0.348 e. The Morgan fingerprint density at radius 1 is 1.35 bits per heavy atom. The molecular weight excluding hydrogens is 226 g/mol. The van der Waals surface area contributed by atoms with Crippen LogP contribution in [0.5, 0.6) is 0 Å². The molecule has 0 fully saturated rings. The molecule has 0 aliphatic carbocycles. The van der Waals surface area contributed by atoms with E-state index in [2.05, 4.69) is 5.32 Å². The highest BCUT2D eigenvalue weighted by Gasteiger charge is 2.16. The Labute approximate surface area is 99.0 Å². The third-order valence-electron chi connectivity index (χ3n) is 2.56. The molecule has 0 heterocycles. The van der Waals surface area contributed by atoms with Crippen molar-refractivity contribution in [1.82, 2.24) is 5.32 Å². The van der Waals surface area contributed by atoms with Crippen molar-refractivity contribution < 1.29 is 13.6 Å². The van der Waals surface area contributed by atoms with Gasteiger partial charge >= 0.3 is 0 Å². The van der Waals surface area contributed by atoms with E-state index in [-0.39, 0.29) is 17.5 Å². The molecule has 0 aliphatic rings. The van der Waals surface area contributed by atoms with Gasteiger partial charge in [-0.1, -0.05) is 13.8 Å². The molecule has 3 nitrogen and oxygen atoms in total. The predicted molar refractivity (Wildman–Crippen MR) is 61.5 cm³/mol. The molecule has 1 aromatic carbocycles. The average molecular weight is 242 g/mol. The number of halogens is 2. The van der Waals surface area contributed by atoms with Crippen molar-refractivity contribution in [3.8, 4) is 0 Å². The molecule has 1 aromatic rings. The zero-order chi connectivity index (χ0) is 13.0. The van der Waals surface area contributed by atoms with Crippen LogP contribution >= 0.6 is 0 Å². The minimum Gasteiger partial charge on any atom is -0.348 e. The summed E-state index contributed by atoms with van der Waals surface area (Å²) < 4.78 is 25.6. The summed E-state index contributed by atoms with van der Waals surface area (Å²) in [6.07, 6.45) is 0. The van der Waals surface area contributed by atoms with Crippen LogP contribution in [0.1, 0.15) is 24.2 Å². The number of carbonyl (C=O) groups excluding carboxylic acids is 1. The highest BCUT2D eigenvalue weighted by molar-refractivity contribution is 5.94. The van der Waals surface area contributed by atoms with Crippen molar-refractivity contribution in [2.45, 2.75) is 19.9 Å². The minimum atomic E-state index is -1.04. The van der Waals surface area contributed by atoms with Gasteiger partial charge in [-0.25, -0.2) is 8.78 Å². The van der Waals surface area contributed by atoms with Crippen molar-refractivity contribution in [2.24, 2.45) is 11.7 Å².